The average Bonchev–Trinajstić information content (AvgIpc) is 3.04. The van der Waals surface area contributed by atoms with Gasteiger partial charge in [-0.25, -0.2) is 0 Å². The number of carbonyl (C=O) groups is 2. The lowest BCUT2D eigenvalue weighted by atomic mass is 10.0. The van der Waals surface area contributed by atoms with Crippen LogP contribution in [0.4, 0.5) is 5.69 Å². The number of amides is 2. The number of para-hydroxylation sites is 1. The van der Waals surface area contributed by atoms with E-state index in [-0.39, 0.29) is 22.8 Å². The molecule has 0 unspecified atom stereocenters. The van der Waals surface area contributed by atoms with Crippen molar-refractivity contribution in [3.05, 3.63) is 63.6 Å². The molecule has 27 heavy (non-hydrogen) atoms. The van der Waals surface area contributed by atoms with E-state index >= 15 is 0 Å². The minimum absolute atomic E-state index is 0.0907. The van der Waals surface area contributed by atoms with Crippen LogP contribution in [-0.2, 0) is 11.2 Å². The normalized spacial score (nSPS) is 14.2. The van der Waals surface area contributed by atoms with E-state index in [1.54, 1.807) is 17.0 Å². The maximum atomic E-state index is 13.2. The lowest BCUT2D eigenvalue weighted by molar-refractivity contribution is -0.120. The Kier molecular flexibility index (Phi) is 6.08. The van der Waals surface area contributed by atoms with Crippen molar-refractivity contribution in [3.63, 3.8) is 0 Å². The molecule has 1 heterocycles. The zero-order chi connectivity index (χ0) is 19.6. The number of rotatable bonds is 5. The van der Waals surface area contributed by atoms with E-state index in [0.717, 1.165) is 17.7 Å². The summed E-state index contributed by atoms with van der Waals surface area (Å²) >= 11 is 12.1. The molecule has 0 saturated carbocycles. The third-order valence-corrected chi connectivity index (χ3v) is 5.19. The molecule has 2 aromatic carbocycles. The van der Waals surface area contributed by atoms with Crippen LogP contribution >= 0.6 is 23.2 Å². The van der Waals surface area contributed by atoms with Gasteiger partial charge < -0.3 is 10.2 Å². The second-order valence-electron chi connectivity index (χ2n) is 7.15. The molecule has 6 heteroatoms. The molecule has 0 saturated heterocycles. The Morgan fingerprint density at radius 3 is 2.59 bits per heavy atom. The Bertz CT molecular complexity index is 867. The second kappa shape index (κ2) is 8.32. The summed E-state index contributed by atoms with van der Waals surface area (Å²) in [7, 11) is 0. The molecule has 0 radical (unpaired) electrons. The number of anilines is 1. The first kappa shape index (κ1) is 19.7. The van der Waals surface area contributed by atoms with E-state index in [1.165, 1.54) is 6.07 Å². The molecule has 1 aliphatic heterocycles. The van der Waals surface area contributed by atoms with Crippen LogP contribution in [0.3, 0.4) is 0 Å². The van der Waals surface area contributed by atoms with Crippen molar-refractivity contribution in [3.8, 4) is 0 Å². The third kappa shape index (κ3) is 4.45. The molecule has 142 valence electrons. The SMILES string of the molecule is CC(C)C[C@@H](NC(=O)c1ccc(Cl)cc1Cl)C(=O)N1CCc2ccccc21. The van der Waals surface area contributed by atoms with Crippen molar-refractivity contribution in [1.82, 2.24) is 5.32 Å². The fraction of sp³-hybridized carbons (Fsp3) is 0.333. The van der Waals surface area contributed by atoms with Crippen molar-refractivity contribution in [2.24, 2.45) is 5.92 Å². The average molecular weight is 405 g/mol. The summed E-state index contributed by atoms with van der Waals surface area (Å²) in [4.78, 5) is 27.7. The van der Waals surface area contributed by atoms with Crippen molar-refractivity contribution in [2.45, 2.75) is 32.7 Å². The van der Waals surface area contributed by atoms with Gasteiger partial charge in [0.15, 0.2) is 0 Å². The lowest BCUT2D eigenvalue weighted by Gasteiger charge is -2.26. The van der Waals surface area contributed by atoms with Crippen LogP contribution in [0.15, 0.2) is 42.5 Å². The molecule has 0 aliphatic carbocycles. The molecule has 0 spiro atoms. The highest BCUT2D eigenvalue weighted by Crippen LogP contribution is 2.29. The van der Waals surface area contributed by atoms with Crippen molar-refractivity contribution in [2.75, 3.05) is 11.4 Å². The number of nitrogens with zero attached hydrogens (tertiary/aromatic N) is 1. The summed E-state index contributed by atoms with van der Waals surface area (Å²) in [5.74, 6) is -0.215. The molecule has 2 aromatic rings. The Hall–Kier alpha value is -2.04. The molecular formula is C21H22Cl2N2O2. The fourth-order valence-electron chi connectivity index (χ4n) is 3.36. The number of carbonyl (C=O) groups excluding carboxylic acids is 2. The number of nitrogens with one attached hydrogen (secondary N) is 1. The van der Waals surface area contributed by atoms with Gasteiger partial charge in [0.2, 0.25) is 5.91 Å². The summed E-state index contributed by atoms with van der Waals surface area (Å²) in [6, 6.07) is 12.0. The fourth-order valence-corrected chi connectivity index (χ4v) is 3.85. The predicted molar refractivity (Wildman–Crippen MR) is 110 cm³/mol. The quantitative estimate of drug-likeness (QED) is 0.782. The minimum Gasteiger partial charge on any atom is -0.340 e. The van der Waals surface area contributed by atoms with Crippen LogP contribution < -0.4 is 10.2 Å². The van der Waals surface area contributed by atoms with Crippen LogP contribution in [-0.4, -0.2) is 24.4 Å². The van der Waals surface area contributed by atoms with E-state index in [2.05, 4.69) is 5.32 Å². The highest BCUT2D eigenvalue weighted by atomic mass is 35.5. The Morgan fingerprint density at radius 1 is 1.15 bits per heavy atom. The molecule has 2 amide bonds. The minimum atomic E-state index is -0.615. The van der Waals surface area contributed by atoms with Gasteiger partial charge in [-0.2, -0.15) is 0 Å². The van der Waals surface area contributed by atoms with Crippen LogP contribution in [0, 0.1) is 5.92 Å². The molecule has 4 nitrogen and oxygen atoms in total. The number of hydrogen-bond acceptors (Lipinski definition) is 2. The largest absolute Gasteiger partial charge is 0.340 e. The Morgan fingerprint density at radius 2 is 1.89 bits per heavy atom. The maximum Gasteiger partial charge on any atom is 0.253 e. The van der Waals surface area contributed by atoms with Gasteiger partial charge in [-0.3, -0.25) is 9.59 Å². The molecule has 1 aliphatic rings. The molecular weight excluding hydrogens is 383 g/mol. The zero-order valence-corrected chi connectivity index (χ0v) is 16.8. The lowest BCUT2D eigenvalue weighted by Crippen LogP contribution is -2.49. The van der Waals surface area contributed by atoms with Gasteiger partial charge in [0.25, 0.3) is 5.91 Å². The molecule has 1 atom stereocenters. The van der Waals surface area contributed by atoms with Crippen molar-refractivity contribution in [1.29, 1.82) is 0 Å². The highest BCUT2D eigenvalue weighted by Gasteiger charge is 2.31. The smallest absolute Gasteiger partial charge is 0.253 e. The highest BCUT2D eigenvalue weighted by molar-refractivity contribution is 6.36. The van der Waals surface area contributed by atoms with E-state index < -0.39 is 6.04 Å². The molecule has 0 fully saturated rings. The Labute approximate surface area is 169 Å². The van der Waals surface area contributed by atoms with Gasteiger partial charge >= 0.3 is 0 Å². The van der Waals surface area contributed by atoms with Crippen molar-refractivity contribution >= 4 is 40.7 Å². The van der Waals surface area contributed by atoms with Gasteiger partial charge in [0, 0.05) is 17.3 Å². The summed E-state index contributed by atoms with van der Waals surface area (Å²) in [6.07, 6.45) is 1.38. The summed E-state index contributed by atoms with van der Waals surface area (Å²) in [5.41, 5.74) is 2.39. The molecule has 0 bridgehead atoms. The first-order valence-electron chi connectivity index (χ1n) is 9.02. The number of benzene rings is 2. The second-order valence-corrected chi connectivity index (χ2v) is 7.99. The van der Waals surface area contributed by atoms with E-state index in [9.17, 15) is 9.59 Å². The maximum absolute atomic E-state index is 13.2. The summed E-state index contributed by atoms with van der Waals surface area (Å²) < 4.78 is 0. The molecule has 0 aromatic heterocycles. The van der Waals surface area contributed by atoms with Crippen LogP contribution in [0.5, 0.6) is 0 Å². The van der Waals surface area contributed by atoms with Crippen molar-refractivity contribution < 1.29 is 9.59 Å². The number of halogens is 2. The van der Waals surface area contributed by atoms with Gasteiger partial charge in [0.1, 0.15) is 6.04 Å². The first-order chi connectivity index (χ1) is 12.9. The monoisotopic (exact) mass is 404 g/mol. The molecule has 3 rings (SSSR count). The molecule has 1 N–H and O–H groups in total. The van der Waals surface area contributed by atoms with Crippen LogP contribution in [0.25, 0.3) is 0 Å². The topological polar surface area (TPSA) is 49.4 Å². The van der Waals surface area contributed by atoms with E-state index in [4.69, 9.17) is 23.2 Å². The van der Waals surface area contributed by atoms with Gasteiger partial charge in [-0.15, -0.1) is 0 Å². The predicted octanol–water partition coefficient (Wildman–Crippen LogP) is 4.73. The van der Waals surface area contributed by atoms with E-state index in [1.807, 2.05) is 38.1 Å². The first-order valence-corrected chi connectivity index (χ1v) is 9.77. The summed E-state index contributed by atoms with van der Waals surface area (Å²) in [5, 5.41) is 3.60. The van der Waals surface area contributed by atoms with Gasteiger partial charge in [-0.05, 0) is 48.6 Å². The third-order valence-electron chi connectivity index (χ3n) is 4.64. The number of fused-ring (bicyclic) bond motifs is 1. The van der Waals surface area contributed by atoms with Crippen LogP contribution in [0.1, 0.15) is 36.2 Å². The van der Waals surface area contributed by atoms with E-state index in [0.29, 0.717) is 23.6 Å². The van der Waals surface area contributed by atoms with Gasteiger partial charge in [0.05, 0.1) is 10.6 Å². The zero-order valence-electron chi connectivity index (χ0n) is 15.3. The van der Waals surface area contributed by atoms with Crippen LogP contribution in [0.2, 0.25) is 10.0 Å². The number of hydrogen-bond donors (Lipinski definition) is 1. The summed E-state index contributed by atoms with van der Waals surface area (Å²) in [6.45, 7) is 4.68. The Balaban J connectivity index is 1.82. The van der Waals surface area contributed by atoms with Gasteiger partial charge in [-0.1, -0.05) is 55.2 Å². The standard InChI is InChI=1S/C21H22Cl2N2O2/c1-13(2)11-18(24-20(26)16-8-7-15(22)12-17(16)23)21(27)25-10-9-14-5-3-4-6-19(14)25/h3-8,12-13,18H,9-11H2,1-2H3,(H,24,26)/t18-/m1/s1.